The molecule has 0 radical (unpaired) electrons. The number of hydrogen-bond acceptors (Lipinski definition) is 6. The Morgan fingerprint density at radius 2 is 1.63 bits per heavy atom. The van der Waals surface area contributed by atoms with Gasteiger partial charge in [-0.1, -0.05) is 68.4 Å². The van der Waals surface area contributed by atoms with Gasteiger partial charge in [0.15, 0.2) is 0 Å². The second kappa shape index (κ2) is 9.74. The zero-order valence-electron chi connectivity index (χ0n) is 17.4. The van der Waals surface area contributed by atoms with Gasteiger partial charge in [0.2, 0.25) is 0 Å². The molecule has 6 nitrogen and oxygen atoms in total. The summed E-state index contributed by atoms with van der Waals surface area (Å²) in [6.07, 6.45) is 1.45. The van der Waals surface area contributed by atoms with Crippen molar-refractivity contribution < 1.29 is 28.4 Å². The van der Waals surface area contributed by atoms with Crippen molar-refractivity contribution in [3.8, 4) is 0 Å². The van der Waals surface area contributed by atoms with Crippen LogP contribution in [0.4, 0.5) is 0 Å². The molecule has 0 bridgehead atoms. The van der Waals surface area contributed by atoms with Crippen molar-refractivity contribution in [1.29, 1.82) is 0 Å². The molecule has 0 spiro atoms. The first-order valence-electron chi connectivity index (χ1n) is 9.72. The summed E-state index contributed by atoms with van der Waals surface area (Å²) >= 11 is 0. The Morgan fingerprint density at radius 3 is 2.23 bits per heavy atom. The number of rotatable bonds is 6. The monoisotopic (exact) mass is 408 g/mol. The second-order valence-electron chi connectivity index (χ2n) is 7.90. The predicted molar refractivity (Wildman–Crippen MR) is 114 cm³/mol. The molecule has 156 valence electrons. The molecule has 2 aromatic rings. The molecule has 1 saturated heterocycles. The zero-order valence-corrected chi connectivity index (χ0v) is 17.4. The van der Waals surface area contributed by atoms with Crippen LogP contribution in [-0.2, 0) is 35.0 Å². The summed E-state index contributed by atoms with van der Waals surface area (Å²) in [5, 5.41) is 0. The van der Waals surface area contributed by atoms with Crippen molar-refractivity contribution >= 4 is 30.6 Å². The molecule has 1 aliphatic rings. The lowest BCUT2D eigenvalue weighted by Crippen LogP contribution is -2.47. The van der Waals surface area contributed by atoms with Gasteiger partial charge >= 0.3 is 19.1 Å². The predicted octanol–water partition coefficient (Wildman–Crippen LogP) is 2.75. The maximum Gasteiger partial charge on any atom is 0.493 e. The van der Waals surface area contributed by atoms with Gasteiger partial charge in [-0.05, 0) is 22.7 Å². The van der Waals surface area contributed by atoms with Crippen LogP contribution >= 0.6 is 0 Å². The van der Waals surface area contributed by atoms with E-state index in [9.17, 15) is 9.59 Å². The quantitative estimate of drug-likeness (QED) is 0.241. The number of carbonyl (C=O) groups is 2. The fraction of sp³-hybridized carbons (Fsp3) is 0.304. The van der Waals surface area contributed by atoms with E-state index in [2.05, 4.69) is 13.8 Å². The van der Waals surface area contributed by atoms with E-state index in [1.54, 1.807) is 12.1 Å². The summed E-state index contributed by atoms with van der Waals surface area (Å²) in [7, 11) is 0.801. The van der Waals surface area contributed by atoms with Crippen molar-refractivity contribution in [3.63, 3.8) is 0 Å². The molecule has 0 unspecified atom stereocenters. The molecule has 0 saturated carbocycles. The first kappa shape index (κ1) is 21.8. The minimum Gasteiger partial charge on any atom is -0.465 e. The number of hydrogen-bond donors (Lipinski definition) is 0. The van der Waals surface area contributed by atoms with Crippen LogP contribution in [0.25, 0.3) is 6.08 Å². The van der Waals surface area contributed by atoms with Gasteiger partial charge in [0.25, 0.3) is 0 Å². The number of esters is 2. The average Bonchev–Trinajstić information content (AvgIpc) is 2.76. The molecule has 7 heteroatoms. The van der Waals surface area contributed by atoms with Gasteiger partial charge in [-0.3, -0.25) is 0 Å². The maximum atomic E-state index is 12.5. The molecule has 0 aliphatic carbocycles. The van der Waals surface area contributed by atoms with E-state index in [4.69, 9.17) is 18.8 Å². The molecule has 30 heavy (non-hydrogen) atoms. The fourth-order valence-electron chi connectivity index (χ4n) is 2.91. The smallest absolute Gasteiger partial charge is 0.465 e. The molecule has 1 heterocycles. The van der Waals surface area contributed by atoms with E-state index in [1.165, 1.54) is 13.2 Å². The molecule has 0 N–H and O–H groups in total. The number of benzene rings is 2. The van der Waals surface area contributed by atoms with Gasteiger partial charge in [0, 0.05) is 18.6 Å². The minimum atomic E-state index is -0.752. The molecule has 0 aromatic heterocycles. The highest BCUT2D eigenvalue weighted by molar-refractivity contribution is 6.61. The molecule has 0 amide bonds. The summed E-state index contributed by atoms with van der Waals surface area (Å²) in [5.41, 5.74) is 2.18. The Labute approximate surface area is 176 Å². The van der Waals surface area contributed by atoms with Crippen molar-refractivity contribution in [1.82, 2.24) is 0 Å². The first-order chi connectivity index (χ1) is 14.4. The largest absolute Gasteiger partial charge is 0.493 e. The summed E-state index contributed by atoms with van der Waals surface area (Å²) < 4.78 is 21.6. The fourth-order valence-corrected chi connectivity index (χ4v) is 2.91. The zero-order chi connectivity index (χ0) is 21.6. The number of carbonyl (C=O) groups excluding carboxylic acids is 2. The third kappa shape index (κ3) is 5.81. The van der Waals surface area contributed by atoms with E-state index in [0.717, 1.165) is 11.0 Å². The van der Waals surface area contributed by atoms with Crippen LogP contribution in [0.1, 0.15) is 25.0 Å². The summed E-state index contributed by atoms with van der Waals surface area (Å²) in [4.78, 5) is 24.6. The van der Waals surface area contributed by atoms with Crippen LogP contribution in [-0.4, -0.2) is 39.4 Å². The molecular weight excluding hydrogens is 383 g/mol. The Kier molecular flexibility index (Phi) is 7.08. The van der Waals surface area contributed by atoms with Gasteiger partial charge in [-0.2, -0.15) is 0 Å². The molecule has 0 atom stereocenters. The van der Waals surface area contributed by atoms with Crippen LogP contribution < -0.4 is 5.46 Å². The summed E-state index contributed by atoms with van der Waals surface area (Å²) in [5.74, 6) is -1.49. The Hall–Kier alpha value is -2.90. The lowest BCUT2D eigenvalue weighted by molar-refractivity contribution is -0.146. The summed E-state index contributed by atoms with van der Waals surface area (Å²) in [6.45, 7) is 5.46. The highest BCUT2D eigenvalue weighted by Gasteiger charge is 2.33. The maximum absolute atomic E-state index is 12.5. The standard InChI is InChI=1S/C23H25BO6/c1-23(2)15-29-24(30-16-23)19-11-9-17(10-12-19)13-20(21(25)27-3)22(26)28-14-18-7-5-4-6-8-18/h4-13H,14-16H2,1-3H3/b20-13-. The molecule has 1 aliphatic heterocycles. The third-order valence-corrected chi connectivity index (χ3v) is 4.61. The lowest BCUT2D eigenvalue weighted by atomic mass is 9.75. The summed E-state index contributed by atoms with van der Waals surface area (Å²) in [6, 6.07) is 16.5. The van der Waals surface area contributed by atoms with Crippen molar-refractivity contribution in [2.24, 2.45) is 5.41 Å². The van der Waals surface area contributed by atoms with Crippen LogP contribution in [0.5, 0.6) is 0 Å². The van der Waals surface area contributed by atoms with Crippen LogP contribution in [0.3, 0.4) is 0 Å². The van der Waals surface area contributed by atoms with Crippen molar-refractivity contribution in [3.05, 3.63) is 71.3 Å². The molecule has 3 rings (SSSR count). The van der Waals surface area contributed by atoms with E-state index in [-0.39, 0.29) is 17.6 Å². The number of ether oxygens (including phenoxy) is 2. The van der Waals surface area contributed by atoms with E-state index >= 15 is 0 Å². The third-order valence-electron chi connectivity index (χ3n) is 4.61. The van der Waals surface area contributed by atoms with E-state index in [1.807, 2.05) is 42.5 Å². The SMILES string of the molecule is COC(=O)/C(=C/c1ccc(B2OCC(C)(C)CO2)cc1)C(=O)OCc1ccccc1. The molecular formula is C23H25BO6. The van der Waals surface area contributed by atoms with Gasteiger partial charge in [0.05, 0.1) is 7.11 Å². The van der Waals surface area contributed by atoms with E-state index < -0.39 is 19.1 Å². The second-order valence-corrected chi connectivity index (χ2v) is 7.90. The van der Waals surface area contributed by atoms with Gasteiger partial charge in [-0.15, -0.1) is 0 Å². The topological polar surface area (TPSA) is 71.1 Å². The van der Waals surface area contributed by atoms with Gasteiger partial charge in [0.1, 0.15) is 12.2 Å². The van der Waals surface area contributed by atoms with Gasteiger partial charge < -0.3 is 18.8 Å². The minimum absolute atomic E-state index is 0.00525. The van der Waals surface area contributed by atoms with Crippen molar-refractivity contribution in [2.45, 2.75) is 20.5 Å². The Bertz CT molecular complexity index is 895. The normalized spacial score (nSPS) is 16.1. The Morgan fingerprint density at radius 1 is 1.00 bits per heavy atom. The molecule has 1 fully saturated rings. The van der Waals surface area contributed by atoms with Crippen LogP contribution in [0.15, 0.2) is 60.2 Å². The highest BCUT2D eigenvalue weighted by Crippen LogP contribution is 2.21. The average molecular weight is 408 g/mol. The van der Waals surface area contributed by atoms with Crippen LogP contribution in [0.2, 0.25) is 0 Å². The van der Waals surface area contributed by atoms with E-state index in [0.29, 0.717) is 18.8 Å². The van der Waals surface area contributed by atoms with Crippen LogP contribution in [0, 0.1) is 5.41 Å². The van der Waals surface area contributed by atoms with Gasteiger partial charge in [-0.25, -0.2) is 9.59 Å². The first-order valence-corrected chi connectivity index (χ1v) is 9.72. The highest BCUT2D eigenvalue weighted by atomic mass is 16.6. The van der Waals surface area contributed by atoms with Crippen molar-refractivity contribution in [2.75, 3.05) is 20.3 Å². The lowest BCUT2D eigenvalue weighted by Gasteiger charge is -2.33. The Balaban J connectivity index is 1.70. The number of methoxy groups -OCH3 is 1. The molecule has 2 aromatic carbocycles.